The number of anilines is 1. The molecule has 0 radical (unpaired) electrons. The van der Waals surface area contributed by atoms with Crippen LogP contribution in [-0.2, 0) is 19.1 Å². The lowest BCUT2D eigenvalue weighted by molar-refractivity contribution is -0.126. The second-order valence-electron chi connectivity index (χ2n) is 7.04. The van der Waals surface area contributed by atoms with Crippen molar-refractivity contribution in [2.24, 2.45) is 17.8 Å². The van der Waals surface area contributed by atoms with Crippen LogP contribution in [0.1, 0.15) is 6.42 Å². The summed E-state index contributed by atoms with van der Waals surface area (Å²) in [6, 6.07) is 2.60. The zero-order valence-corrected chi connectivity index (χ0v) is 13.3. The SMILES string of the molecule is O=C1C2=CC[C@H]3C(=O)N(c4ccc(F)cc4F)C(=O)[C@H]3[C@H]2[C@H](O)[C@@H]2O[C@H]12. The Hall–Kier alpha value is -2.45. The topological polar surface area (TPSA) is 87.2 Å². The summed E-state index contributed by atoms with van der Waals surface area (Å²) >= 11 is 0. The first kappa shape index (κ1) is 15.8. The number of carbonyl (C=O) groups is 3. The van der Waals surface area contributed by atoms with Crippen LogP contribution in [0.5, 0.6) is 0 Å². The van der Waals surface area contributed by atoms with Gasteiger partial charge in [-0.05, 0) is 18.6 Å². The van der Waals surface area contributed by atoms with E-state index in [1.165, 1.54) is 0 Å². The molecule has 1 aromatic carbocycles. The van der Waals surface area contributed by atoms with Crippen molar-refractivity contribution in [2.75, 3.05) is 4.90 Å². The van der Waals surface area contributed by atoms with Gasteiger partial charge >= 0.3 is 0 Å². The first-order valence-corrected chi connectivity index (χ1v) is 8.31. The molecular formula is C18H13F2NO5. The Morgan fingerprint density at radius 3 is 2.62 bits per heavy atom. The van der Waals surface area contributed by atoms with E-state index in [2.05, 4.69) is 0 Å². The maximum Gasteiger partial charge on any atom is 0.238 e. The zero-order valence-electron chi connectivity index (χ0n) is 13.3. The third-order valence-corrected chi connectivity index (χ3v) is 5.74. The van der Waals surface area contributed by atoms with Gasteiger partial charge in [0, 0.05) is 17.6 Å². The lowest BCUT2D eigenvalue weighted by atomic mass is 9.66. The van der Waals surface area contributed by atoms with Crippen molar-refractivity contribution in [2.45, 2.75) is 24.7 Å². The molecule has 6 atom stereocenters. The third kappa shape index (κ3) is 1.88. The summed E-state index contributed by atoms with van der Waals surface area (Å²) in [5.74, 6) is -6.02. The van der Waals surface area contributed by atoms with E-state index in [0.717, 1.165) is 12.1 Å². The summed E-state index contributed by atoms with van der Waals surface area (Å²) < 4.78 is 32.5. The van der Waals surface area contributed by atoms with Gasteiger partial charge in [0.25, 0.3) is 0 Å². The van der Waals surface area contributed by atoms with Crippen molar-refractivity contribution in [1.82, 2.24) is 0 Å². The number of nitrogens with zero attached hydrogens (tertiary/aromatic N) is 1. The molecule has 2 aliphatic heterocycles. The lowest BCUT2D eigenvalue weighted by Crippen LogP contribution is -2.47. The molecule has 2 amide bonds. The molecule has 1 saturated carbocycles. The van der Waals surface area contributed by atoms with Gasteiger partial charge in [-0.1, -0.05) is 6.08 Å². The number of aliphatic hydroxyl groups excluding tert-OH is 1. The molecule has 4 aliphatic rings. The van der Waals surface area contributed by atoms with E-state index in [1.807, 2.05) is 0 Å². The number of epoxide rings is 1. The molecule has 26 heavy (non-hydrogen) atoms. The minimum Gasteiger partial charge on any atom is -0.390 e. The average Bonchev–Trinajstić information content (AvgIpc) is 3.37. The number of imide groups is 1. The van der Waals surface area contributed by atoms with Crippen LogP contribution < -0.4 is 4.90 Å². The summed E-state index contributed by atoms with van der Waals surface area (Å²) in [7, 11) is 0. The van der Waals surface area contributed by atoms with Gasteiger partial charge in [-0.15, -0.1) is 0 Å². The summed E-state index contributed by atoms with van der Waals surface area (Å²) in [4.78, 5) is 38.8. The van der Waals surface area contributed by atoms with Crippen LogP contribution in [0.4, 0.5) is 14.5 Å². The number of rotatable bonds is 1. The van der Waals surface area contributed by atoms with Gasteiger partial charge in [0.1, 0.15) is 23.8 Å². The van der Waals surface area contributed by atoms with E-state index < -0.39 is 59.5 Å². The highest BCUT2D eigenvalue weighted by Gasteiger charge is 2.65. The van der Waals surface area contributed by atoms with Crippen molar-refractivity contribution in [3.8, 4) is 0 Å². The monoisotopic (exact) mass is 361 g/mol. The zero-order chi connectivity index (χ0) is 18.3. The molecule has 0 spiro atoms. The molecule has 5 rings (SSSR count). The Morgan fingerprint density at radius 1 is 1.12 bits per heavy atom. The van der Waals surface area contributed by atoms with Crippen molar-refractivity contribution in [1.29, 1.82) is 0 Å². The van der Waals surface area contributed by atoms with Crippen LogP contribution in [0.15, 0.2) is 29.8 Å². The number of carbonyl (C=O) groups excluding carboxylic acids is 3. The maximum absolute atomic E-state index is 14.1. The molecule has 1 aromatic rings. The molecule has 6 nitrogen and oxygen atoms in total. The van der Waals surface area contributed by atoms with Crippen LogP contribution in [0.25, 0.3) is 0 Å². The Labute approximate surface area is 146 Å². The molecule has 2 aliphatic carbocycles. The number of ether oxygens (including phenoxy) is 1. The van der Waals surface area contributed by atoms with Gasteiger partial charge in [0.15, 0.2) is 5.78 Å². The highest BCUT2D eigenvalue weighted by molar-refractivity contribution is 6.23. The van der Waals surface area contributed by atoms with Gasteiger partial charge in [0.05, 0.1) is 23.6 Å². The standard InChI is InChI=1S/C18H13F2NO5/c19-6-1-4-10(9(20)5-6)21-17(24)8-3-2-7-11(12(8)18(21)25)14(23)16-15(26-16)13(7)22/h1-2,4-5,8,11-12,14-16,23H,3H2/t8-,11+,12-,14+,15-,16+/m1/s1. The number of hydrogen-bond donors (Lipinski definition) is 1. The number of halogens is 2. The molecule has 0 unspecified atom stereocenters. The molecule has 3 fully saturated rings. The molecule has 2 heterocycles. The first-order valence-electron chi connectivity index (χ1n) is 8.31. The smallest absolute Gasteiger partial charge is 0.238 e. The fraction of sp³-hybridized carbons (Fsp3) is 0.389. The number of ketones is 1. The van der Waals surface area contributed by atoms with Crippen LogP contribution in [-0.4, -0.2) is 41.0 Å². The lowest BCUT2D eigenvalue weighted by Gasteiger charge is -2.35. The number of benzene rings is 1. The van der Waals surface area contributed by atoms with Gasteiger partial charge in [-0.25, -0.2) is 13.7 Å². The predicted octanol–water partition coefficient (Wildman–Crippen LogP) is 0.728. The normalized spacial score (nSPS) is 37.9. The largest absolute Gasteiger partial charge is 0.390 e. The molecule has 8 heteroatoms. The summed E-state index contributed by atoms with van der Waals surface area (Å²) in [6.07, 6.45) is -0.697. The van der Waals surface area contributed by atoms with Crippen LogP contribution in [0.2, 0.25) is 0 Å². The van der Waals surface area contributed by atoms with E-state index >= 15 is 0 Å². The van der Waals surface area contributed by atoms with Crippen LogP contribution in [0, 0.1) is 29.4 Å². The Kier molecular flexibility index (Phi) is 3.06. The molecular weight excluding hydrogens is 348 g/mol. The van der Waals surface area contributed by atoms with Gasteiger partial charge in [-0.3, -0.25) is 14.4 Å². The van der Waals surface area contributed by atoms with Gasteiger partial charge in [-0.2, -0.15) is 0 Å². The summed E-state index contributed by atoms with van der Waals surface area (Å²) in [5, 5.41) is 10.5. The Bertz CT molecular complexity index is 913. The number of amides is 2. The number of aliphatic hydroxyl groups is 1. The molecule has 134 valence electrons. The Balaban J connectivity index is 1.57. The predicted molar refractivity (Wildman–Crippen MR) is 81.7 cm³/mol. The molecule has 1 N–H and O–H groups in total. The summed E-state index contributed by atoms with van der Waals surface area (Å²) in [6.45, 7) is 0. The second kappa shape index (κ2) is 5.05. The fourth-order valence-corrected chi connectivity index (χ4v) is 4.51. The summed E-state index contributed by atoms with van der Waals surface area (Å²) in [5.41, 5.74) is -0.0189. The molecule has 2 saturated heterocycles. The first-order chi connectivity index (χ1) is 12.4. The fourth-order valence-electron chi connectivity index (χ4n) is 4.51. The number of fused-ring (bicyclic) bond motifs is 4. The molecule has 0 aromatic heterocycles. The maximum atomic E-state index is 14.1. The van der Waals surface area contributed by atoms with E-state index in [4.69, 9.17) is 4.74 Å². The highest BCUT2D eigenvalue weighted by Crippen LogP contribution is 2.51. The van der Waals surface area contributed by atoms with Crippen molar-refractivity contribution >= 4 is 23.3 Å². The Morgan fingerprint density at radius 2 is 1.88 bits per heavy atom. The molecule has 0 bridgehead atoms. The van der Waals surface area contributed by atoms with E-state index in [0.29, 0.717) is 16.5 Å². The minimum absolute atomic E-state index is 0.149. The van der Waals surface area contributed by atoms with Crippen molar-refractivity contribution in [3.63, 3.8) is 0 Å². The van der Waals surface area contributed by atoms with E-state index in [1.54, 1.807) is 6.08 Å². The van der Waals surface area contributed by atoms with Crippen molar-refractivity contribution < 1.29 is 33.0 Å². The van der Waals surface area contributed by atoms with E-state index in [-0.39, 0.29) is 17.9 Å². The van der Waals surface area contributed by atoms with Crippen LogP contribution in [0.3, 0.4) is 0 Å². The van der Waals surface area contributed by atoms with Crippen LogP contribution >= 0.6 is 0 Å². The quantitative estimate of drug-likeness (QED) is 0.589. The van der Waals surface area contributed by atoms with Gasteiger partial charge < -0.3 is 9.84 Å². The number of Topliss-reactive ketones (excluding diaryl/α,β-unsaturated/α-hetero) is 1. The average molecular weight is 361 g/mol. The highest BCUT2D eigenvalue weighted by atomic mass is 19.1. The number of allylic oxidation sites excluding steroid dienone is 1. The third-order valence-electron chi connectivity index (χ3n) is 5.74. The minimum atomic E-state index is -1.08. The van der Waals surface area contributed by atoms with Gasteiger partial charge in [0.2, 0.25) is 11.8 Å². The number of hydrogen-bond acceptors (Lipinski definition) is 5. The van der Waals surface area contributed by atoms with Crippen molar-refractivity contribution in [3.05, 3.63) is 41.5 Å². The second-order valence-corrected chi connectivity index (χ2v) is 7.04. The van der Waals surface area contributed by atoms with E-state index in [9.17, 15) is 28.3 Å².